The van der Waals surface area contributed by atoms with Gasteiger partial charge >= 0.3 is 0 Å². The largest absolute Gasteiger partial charge is 0.378 e. The van der Waals surface area contributed by atoms with Crippen LogP contribution in [0.25, 0.3) is 22.2 Å². The summed E-state index contributed by atoms with van der Waals surface area (Å²) in [5.74, 6) is 0.231. The second-order valence-electron chi connectivity index (χ2n) is 10.1. The minimum absolute atomic E-state index is 0.198. The van der Waals surface area contributed by atoms with Crippen molar-refractivity contribution in [3.8, 4) is 11.1 Å². The van der Waals surface area contributed by atoms with Crippen molar-refractivity contribution in [3.63, 3.8) is 0 Å². The summed E-state index contributed by atoms with van der Waals surface area (Å²) in [6.07, 6.45) is 3.95. The van der Waals surface area contributed by atoms with Crippen molar-refractivity contribution in [2.75, 3.05) is 49.6 Å². The predicted molar refractivity (Wildman–Crippen MR) is 154 cm³/mol. The van der Waals surface area contributed by atoms with Gasteiger partial charge in [-0.3, -0.25) is 4.79 Å². The number of nitrogens with zero attached hydrogens (tertiary/aromatic N) is 4. The molecular formula is C30H33N7O2. The maximum Gasteiger partial charge on any atom is 0.270 e. The highest BCUT2D eigenvalue weighted by Crippen LogP contribution is 2.29. The standard InChI is InChI=1S/C30H33N7O2/c1-20-5-2-3-7-25(20)26-17-21-18-33-30(34-22-8-10-24(11-9-22)37-13-15-39-16-14-37)36-28(21)35-27(26)29(38)32-19-23-6-4-12-31-23/h2-3,5,7-11,17-18,23,31H,4,6,12-16,19H2,1H3,(H,32,38)(H,33,34,35,36). The van der Waals surface area contributed by atoms with Gasteiger partial charge in [0.05, 0.1) is 13.2 Å². The van der Waals surface area contributed by atoms with E-state index in [1.54, 1.807) is 6.20 Å². The number of rotatable bonds is 7. The number of ether oxygens (including phenoxy) is 1. The molecule has 4 aromatic rings. The molecule has 2 aromatic heterocycles. The zero-order valence-corrected chi connectivity index (χ0v) is 22.1. The van der Waals surface area contributed by atoms with Gasteiger partial charge in [-0.15, -0.1) is 0 Å². The van der Waals surface area contributed by atoms with Gasteiger partial charge in [0.25, 0.3) is 5.91 Å². The van der Waals surface area contributed by atoms with E-state index >= 15 is 0 Å². The van der Waals surface area contributed by atoms with Crippen molar-refractivity contribution in [1.29, 1.82) is 0 Å². The molecule has 6 rings (SSSR count). The van der Waals surface area contributed by atoms with Crippen molar-refractivity contribution in [2.24, 2.45) is 0 Å². The van der Waals surface area contributed by atoms with E-state index < -0.39 is 0 Å². The third-order valence-electron chi connectivity index (χ3n) is 7.39. The SMILES string of the molecule is Cc1ccccc1-c1cc2cnc(Nc3ccc(N4CCOCC4)cc3)nc2nc1C(=O)NCC1CCCN1. The summed E-state index contributed by atoms with van der Waals surface area (Å²) < 4.78 is 5.45. The average molecular weight is 524 g/mol. The van der Waals surface area contributed by atoms with Crippen molar-refractivity contribution in [3.05, 3.63) is 72.1 Å². The van der Waals surface area contributed by atoms with E-state index in [0.29, 0.717) is 29.9 Å². The van der Waals surface area contributed by atoms with Crippen molar-refractivity contribution >= 4 is 34.3 Å². The number of benzene rings is 2. The summed E-state index contributed by atoms with van der Waals surface area (Å²) >= 11 is 0. The Morgan fingerprint density at radius 2 is 1.90 bits per heavy atom. The first-order chi connectivity index (χ1) is 19.1. The third-order valence-corrected chi connectivity index (χ3v) is 7.39. The van der Waals surface area contributed by atoms with E-state index in [4.69, 9.17) is 9.72 Å². The summed E-state index contributed by atoms with van der Waals surface area (Å²) in [6.45, 7) is 6.89. The Kier molecular flexibility index (Phi) is 7.33. The topological polar surface area (TPSA) is 104 Å². The molecule has 200 valence electrons. The van der Waals surface area contributed by atoms with Crippen LogP contribution in [-0.2, 0) is 4.74 Å². The van der Waals surface area contributed by atoms with Gasteiger partial charge in [0, 0.05) is 54.2 Å². The summed E-state index contributed by atoms with van der Waals surface area (Å²) in [7, 11) is 0. The smallest absolute Gasteiger partial charge is 0.270 e. The number of anilines is 3. The Labute approximate surface area is 228 Å². The molecule has 2 saturated heterocycles. The normalized spacial score (nSPS) is 17.4. The predicted octanol–water partition coefficient (Wildman–Crippen LogP) is 4.06. The first kappa shape index (κ1) is 25.2. The Bertz CT molecular complexity index is 1460. The highest BCUT2D eigenvalue weighted by Gasteiger charge is 2.21. The molecule has 2 fully saturated rings. The molecular weight excluding hydrogens is 490 g/mol. The number of carbonyl (C=O) groups excluding carboxylic acids is 1. The summed E-state index contributed by atoms with van der Waals surface area (Å²) in [6, 6.07) is 18.5. The zero-order valence-electron chi connectivity index (χ0n) is 22.1. The van der Waals surface area contributed by atoms with E-state index in [9.17, 15) is 4.79 Å². The average Bonchev–Trinajstić information content (AvgIpc) is 3.50. The molecule has 0 bridgehead atoms. The van der Waals surface area contributed by atoms with E-state index in [1.165, 1.54) is 0 Å². The highest BCUT2D eigenvalue weighted by molar-refractivity contribution is 6.02. The summed E-state index contributed by atoms with van der Waals surface area (Å²) in [5, 5.41) is 10.6. The van der Waals surface area contributed by atoms with Crippen LogP contribution in [0.15, 0.2) is 60.8 Å². The number of amides is 1. The monoisotopic (exact) mass is 523 g/mol. The molecule has 1 amide bonds. The molecule has 0 spiro atoms. The fourth-order valence-corrected chi connectivity index (χ4v) is 5.21. The lowest BCUT2D eigenvalue weighted by atomic mass is 9.98. The number of aryl methyl sites for hydroxylation is 1. The van der Waals surface area contributed by atoms with Gasteiger partial charge in [-0.1, -0.05) is 24.3 Å². The lowest BCUT2D eigenvalue weighted by molar-refractivity contribution is 0.0946. The molecule has 9 nitrogen and oxygen atoms in total. The van der Waals surface area contributed by atoms with Crippen LogP contribution >= 0.6 is 0 Å². The van der Waals surface area contributed by atoms with Crippen LogP contribution in [0, 0.1) is 6.92 Å². The Balaban J connectivity index is 1.28. The molecule has 2 aliphatic heterocycles. The fraction of sp³-hybridized carbons (Fsp3) is 0.333. The van der Waals surface area contributed by atoms with Gasteiger partial charge in [-0.25, -0.2) is 9.97 Å². The zero-order chi connectivity index (χ0) is 26.6. The van der Waals surface area contributed by atoms with Gasteiger partial charge in [0.1, 0.15) is 5.69 Å². The number of fused-ring (bicyclic) bond motifs is 1. The van der Waals surface area contributed by atoms with E-state index in [2.05, 4.69) is 43.0 Å². The van der Waals surface area contributed by atoms with Crippen LogP contribution < -0.4 is 20.9 Å². The molecule has 1 atom stereocenters. The Morgan fingerprint density at radius 1 is 1.08 bits per heavy atom. The molecule has 39 heavy (non-hydrogen) atoms. The van der Waals surface area contributed by atoms with Crippen LogP contribution in [0.4, 0.5) is 17.3 Å². The van der Waals surface area contributed by atoms with Crippen molar-refractivity contribution in [1.82, 2.24) is 25.6 Å². The third kappa shape index (κ3) is 5.69. The summed E-state index contributed by atoms with van der Waals surface area (Å²) in [4.78, 5) is 29.7. The molecule has 0 radical (unpaired) electrons. The highest BCUT2D eigenvalue weighted by atomic mass is 16.5. The lowest BCUT2D eigenvalue weighted by Gasteiger charge is -2.28. The first-order valence-corrected chi connectivity index (χ1v) is 13.6. The van der Waals surface area contributed by atoms with Gasteiger partial charge < -0.3 is 25.6 Å². The minimum Gasteiger partial charge on any atom is -0.378 e. The summed E-state index contributed by atoms with van der Waals surface area (Å²) in [5.41, 5.74) is 5.71. The van der Waals surface area contributed by atoms with E-state index in [-0.39, 0.29) is 5.91 Å². The number of hydrogen-bond acceptors (Lipinski definition) is 8. The van der Waals surface area contributed by atoms with Crippen molar-refractivity contribution in [2.45, 2.75) is 25.8 Å². The first-order valence-electron chi connectivity index (χ1n) is 13.6. The van der Waals surface area contributed by atoms with Crippen LogP contribution in [0.2, 0.25) is 0 Å². The maximum absolute atomic E-state index is 13.4. The molecule has 9 heteroatoms. The Morgan fingerprint density at radius 3 is 2.67 bits per heavy atom. The van der Waals surface area contributed by atoms with Gasteiger partial charge in [-0.05, 0) is 67.8 Å². The van der Waals surface area contributed by atoms with Crippen LogP contribution in [0.1, 0.15) is 28.9 Å². The van der Waals surface area contributed by atoms with Crippen LogP contribution in [0.3, 0.4) is 0 Å². The molecule has 1 unspecified atom stereocenters. The number of hydrogen-bond donors (Lipinski definition) is 3. The molecule has 0 saturated carbocycles. The quantitative estimate of drug-likeness (QED) is 0.333. The van der Waals surface area contributed by atoms with Crippen LogP contribution in [0.5, 0.6) is 0 Å². The minimum atomic E-state index is -0.198. The number of nitrogens with one attached hydrogen (secondary N) is 3. The van der Waals surface area contributed by atoms with Gasteiger partial charge in [-0.2, -0.15) is 4.98 Å². The van der Waals surface area contributed by atoms with Gasteiger partial charge in [0.15, 0.2) is 5.65 Å². The van der Waals surface area contributed by atoms with E-state index in [1.807, 2.05) is 49.4 Å². The number of pyridine rings is 1. The number of carbonyl (C=O) groups is 1. The second-order valence-corrected chi connectivity index (χ2v) is 10.1. The number of morpholine rings is 1. The molecule has 2 aliphatic rings. The molecule has 4 heterocycles. The maximum atomic E-state index is 13.4. The Hall–Kier alpha value is -4.08. The number of aromatic nitrogens is 3. The van der Waals surface area contributed by atoms with Gasteiger partial charge in [0.2, 0.25) is 5.95 Å². The fourth-order valence-electron chi connectivity index (χ4n) is 5.21. The molecule has 3 N–H and O–H groups in total. The van der Waals surface area contributed by atoms with Crippen molar-refractivity contribution < 1.29 is 9.53 Å². The molecule has 2 aromatic carbocycles. The van der Waals surface area contributed by atoms with Crippen LogP contribution in [-0.4, -0.2) is 66.3 Å². The van der Waals surface area contributed by atoms with E-state index in [0.717, 1.165) is 79.1 Å². The lowest BCUT2D eigenvalue weighted by Crippen LogP contribution is -2.37. The second kappa shape index (κ2) is 11.3. The molecule has 0 aliphatic carbocycles.